The van der Waals surface area contributed by atoms with E-state index in [9.17, 15) is 0 Å². The molecule has 1 saturated carbocycles. The van der Waals surface area contributed by atoms with Crippen LogP contribution in [0.15, 0.2) is 0 Å². The van der Waals surface area contributed by atoms with E-state index in [0.29, 0.717) is 30.1 Å². The van der Waals surface area contributed by atoms with Crippen molar-refractivity contribution in [1.29, 1.82) is 0 Å². The van der Waals surface area contributed by atoms with Gasteiger partial charge in [-0.15, -0.1) is 0 Å². The SMILES string of the molecule is CCCNC(CC1CCC1)C1C(C)OC(C)C1C. The zero-order valence-corrected chi connectivity index (χ0v) is 12.6. The smallest absolute Gasteiger partial charge is 0.0597 e. The Morgan fingerprint density at radius 2 is 1.89 bits per heavy atom. The predicted molar refractivity (Wildman–Crippen MR) is 76.7 cm³/mol. The molecule has 2 heteroatoms. The van der Waals surface area contributed by atoms with E-state index < -0.39 is 0 Å². The molecule has 5 atom stereocenters. The van der Waals surface area contributed by atoms with Crippen LogP contribution in [0.2, 0.25) is 0 Å². The highest BCUT2D eigenvalue weighted by molar-refractivity contribution is 4.93. The van der Waals surface area contributed by atoms with Crippen LogP contribution in [-0.2, 0) is 4.74 Å². The maximum Gasteiger partial charge on any atom is 0.0597 e. The van der Waals surface area contributed by atoms with Crippen molar-refractivity contribution in [2.45, 2.75) is 78.0 Å². The Morgan fingerprint density at radius 3 is 2.33 bits per heavy atom. The highest BCUT2D eigenvalue weighted by atomic mass is 16.5. The van der Waals surface area contributed by atoms with E-state index >= 15 is 0 Å². The van der Waals surface area contributed by atoms with Crippen molar-refractivity contribution in [1.82, 2.24) is 5.32 Å². The third-order valence-corrected chi connectivity index (χ3v) is 5.25. The third kappa shape index (κ3) is 3.08. The highest BCUT2D eigenvalue weighted by Crippen LogP contribution is 2.39. The molecule has 2 rings (SSSR count). The summed E-state index contributed by atoms with van der Waals surface area (Å²) in [5.74, 6) is 2.37. The quantitative estimate of drug-likeness (QED) is 0.781. The Labute approximate surface area is 113 Å². The van der Waals surface area contributed by atoms with Gasteiger partial charge in [-0.05, 0) is 45.1 Å². The minimum absolute atomic E-state index is 0.421. The molecule has 5 unspecified atom stereocenters. The van der Waals surface area contributed by atoms with E-state index in [4.69, 9.17) is 4.74 Å². The summed E-state index contributed by atoms with van der Waals surface area (Å²) in [5, 5.41) is 3.81. The van der Waals surface area contributed by atoms with Crippen molar-refractivity contribution in [3.63, 3.8) is 0 Å². The van der Waals surface area contributed by atoms with Crippen molar-refractivity contribution in [2.75, 3.05) is 6.54 Å². The molecule has 2 fully saturated rings. The Bertz CT molecular complexity index is 251. The van der Waals surface area contributed by atoms with Crippen LogP contribution < -0.4 is 5.32 Å². The molecule has 0 aromatic rings. The lowest BCUT2D eigenvalue weighted by Gasteiger charge is -2.35. The summed E-state index contributed by atoms with van der Waals surface area (Å²) in [6, 6.07) is 0.671. The second kappa shape index (κ2) is 6.38. The Morgan fingerprint density at radius 1 is 1.17 bits per heavy atom. The minimum Gasteiger partial charge on any atom is -0.375 e. The van der Waals surface area contributed by atoms with Crippen LogP contribution in [0.3, 0.4) is 0 Å². The van der Waals surface area contributed by atoms with Gasteiger partial charge < -0.3 is 10.1 Å². The van der Waals surface area contributed by atoms with Crippen molar-refractivity contribution in [3.05, 3.63) is 0 Å². The average Bonchev–Trinajstić information content (AvgIpc) is 2.52. The molecule has 0 spiro atoms. The molecule has 106 valence electrons. The van der Waals surface area contributed by atoms with Gasteiger partial charge in [-0.3, -0.25) is 0 Å². The summed E-state index contributed by atoms with van der Waals surface area (Å²) in [5.41, 5.74) is 0. The van der Waals surface area contributed by atoms with E-state index in [1.165, 1.54) is 32.1 Å². The number of ether oxygens (including phenoxy) is 1. The molecule has 1 aliphatic heterocycles. The Hall–Kier alpha value is -0.0800. The van der Waals surface area contributed by atoms with E-state index in [-0.39, 0.29) is 0 Å². The molecule has 1 N–H and O–H groups in total. The summed E-state index contributed by atoms with van der Waals surface area (Å²) >= 11 is 0. The molecule has 18 heavy (non-hydrogen) atoms. The van der Waals surface area contributed by atoms with Gasteiger partial charge in [-0.1, -0.05) is 33.1 Å². The van der Waals surface area contributed by atoms with Crippen LogP contribution in [0.4, 0.5) is 0 Å². The van der Waals surface area contributed by atoms with Gasteiger partial charge >= 0.3 is 0 Å². The summed E-state index contributed by atoms with van der Waals surface area (Å²) in [6.07, 6.45) is 7.81. The number of nitrogens with one attached hydrogen (secondary N) is 1. The van der Waals surface area contributed by atoms with Crippen LogP contribution in [0, 0.1) is 17.8 Å². The summed E-state index contributed by atoms with van der Waals surface area (Å²) in [7, 11) is 0. The van der Waals surface area contributed by atoms with Crippen LogP contribution >= 0.6 is 0 Å². The van der Waals surface area contributed by atoms with Gasteiger partial charge in [0, 0.05) is 12.0 Å². The van der Waals surface area contributed by atoms with E-state index in [0.717, 1.165) is 12.5 Å². The van der Waals surface area contributed by atoms with Gasteiger partial charge in [-0.2, -0.15) is 0 Å². The standard InChI is InChI=1S/C16H31NO/c1-5-9-17-15(10-14-7-6-8-14)16-11(2)12(3)18-13(16)4/h11-17H,5-10H2,1-4H3. The maximum absolute atomic E-state index is 6.04. The lowest BCUT2D eigenvalue weighted by atomic mass is 9.74. The number of hydrogen-bond acceptors (Lipinski definition) is 2. The second-order valence-corrected chi connectivity index (χ2v) is 6.58. The molecule has 1 aliphatic carbocycles. The molecule has 2 nitrogen and oxygen atoms in total. The number of rotatable bonds is 6. The van der Waals surface area contributed by atoms with Gasteiger partial charge in [0.2, 0.25) is 0 Å². The van der Waals surface area contributed by atoms with Crippen LogP contribution in [0.5, 0.6) is 0 Å². The fraction of sp³-hybridized carbons (Fsp3) is 1.00. The van der Waals surface area contributed by atoms with Gasteiger partial charge in [0.15, 0.2) is 0 Å². The zero-order chi connectivity index (χ0) is 13.1. The molecular formula is C16H31NO. The molecule has 0 radical (unpaired) electrons. The molecule has 0 bridgehead atoms. The van der Waals surface area contributed by atoms with Crippen molar-refractivity contribution in [3.8, 4) is 0 Å². The van der Waals surface area contributed by atoms with Crippen molar-refractivity contribution in [2.24, 2.45) is 17.8 Å². The summed E-state index contributed by atoms with van der Waals surface area (Å²) in [4.78, 5) is 0. The zero-order valence-electron chi connectivity index (χ0n) is 12.6. The van der Waals surface area contributed by atoms with E-state index in [1.54, 1.807) is 0 Å². The molecule has 1 saturated heterocycles. The highest BCUT2D eigenvalue weighted by Gasteiger charge is 2.42. The molecule has 0 amide bonds. The van der Waals surface area contributed by atoms with E-state index in [1.807, 2.05) is 0 Å². The average molecular weight is 253 g/mol. The first kappa shape index (κ1) is 14.3. The van der Waals surface area contributed by atoms with Crippen molar-refractivity contribution < 1.29 is 4.74 Å². The Balaban J connectivity index is 1.96. The fourth-order valence-electron chi connectivity index (χ4n) is 3.78. The topological polar surface area (TPSA) is 21.3 Å². The predicted octanol–water partition coefficient (Wildman–Crippen LogP) is 3.60. The van der Waals surface area contributed by atoms with Crippen LogP contribution in [0.1, 0.15) is 59.8 Å². The van der Waals surface area contributed by atoms with Gasteiger partial charge in [0.1, 0.15) is 0 Å². The molecule has 0 aromatic carbocycles. The lowest BCUT2D eigenvalue weighted by molar-refractivity contribution is 0.0456. The summed E-state index contributed by atoms with van der Waals surface area (Å²) < 4.78 is 6.04. The van der Waals surface area contributed by atoms with Gasteiger partial charge in [0.05, 0.1) is 12.2 Å². The molecule has 0 aromatic heterocycles. The molecular weight excluding hydrogens is 222 g/mol. The fourth-order valence-corrected chi connectivity index (χ4v) is 3.78. The van der Waals surface area contributed by atoms with Crippen LogP contribution in [0.25, 0.3) is 0 Å². The molecule has 1 heterocycles. The molecule has 2 aliphatic rings. The number of hydrogen-bond donors (Lipinski definition) is 1. The summed E-state index contributed by atoms with van der Waals surface area (Å²) in [6.45, 7) is 10.3. The monoisotopic (exact) mass is 253 g/mol. The first-order chi connectivity index (χ1) is 8.63. The minimum atomic E-state index is 0.421. The first-order valence-corrected chi connectivity index (χ1v) is 8.02. The van der Waals surface area contributed by atoms with E-state index in [2.05, 4.69) is 33.0 Å². The third-order valence-electron chi connectivity index (χ3n) is 5.25. The first-order valence-electron chi connectivity index (χ1n) is 8.02. The normalized spacial score (nSPS) is 38.7. The largest absolute Gasteiger partial charge is 0.375 e. The van der Waals surface area contributed by atoms with Crippen LogP contribution in [-0.4, -0.2) is 24.8 Å². The lowest BCUT2D eigenvalue weighted by Crippen LogP contribution is -2.44. The maximum atomic E-state index is 6.04. The van der Waals surface area contributed by atoms with Gasteiger partial charge in [-0.25, -0.2) is 0 Å². The Kier molecular flexibility index (Phi) is 5.08. The van der Waals surface area contributed by atoms with Gasteiger partial charge in [0.25, 0.3) is 0 Å². The second-order valence-electron chi connectivity index (χ2n) is 6.58. The van der Waals surface area contributed by atoms with Crippen molar-refractivity contribution >= 4 is 0 Å².